The lowest BCUT2D eigenvalue weighted by Gasteiger charge is -2.35. The maximum Gasteiger partial charge on any atom is 0.243 e. The molecule has 1 amide bonds. The van der Waals surface area contributed by atoms with Crippen LogP contribution in [-0.4, -0.2) is 64.5 Å². The Labute approximate surface area is 108 Å². The largest absolute Gasteiger partial charge is 0.320 e. The van der Waals surface area contributed by atoms with Gasteiger partial charge in [0.05, 0.1) is 6.04 Å². The second-order valence-electron chi connectivity index (χ2n) is 4.87. The van der Waals surface area contributed by atoms with Crippen LogP contribution in [0.15, 0.2) is 12.4 Å². The number of hydrogen-bond acceptors (Lipinski definition) is 4. The summed E-state index contributed by atoms with van der Waals surface area (Å²) in [5.74, 6) is 0.606. The lowest BCUT2D eigenvalue weighted by molar-refractivity contribution is -0.121. The molecule has 1 saturated heterocycles. The van der Waals surface area contributed by atoms with E-state index in [0.29, 0.717) is 5.95 Å². The van der Waals surface area contributed by atoms with Gasteiger partial charge < -0.3 is 9.47 Å². The number of hydrogen-bond donors (Lipinski definition) is 1. The number of amides is 1. The number of nitrogens with one attached hydrogen (secondary N) is 1. The predicted octanol–water partition coefficient (Wildman–Crippen LogP) is -0.00550. The highest BCUT2D eigenvalue weighted by molar-refractivity contribution is 5.93. The summed E-state index contributed by atoms with van der Waals surface area (Å²) in [5.41, 5.74) is 0. The molecule has 18 heavy (non-hydrogen) atoms. The van der Waals surface area contributed by atoms with Crippen LogP contribution in [0.4, 0.5) is 5.95 Å². The third kappa shape index (κ3) is 2.88. The lowest BCUT2D eigenvalue weighted by atomic mass is 10.2. The molecule has 0 radical (unpaired) electrons. The van der Waals surface area contributed by atoms with Gasteiger partial charge in [-0.2, -0.15) is 0 Å². The Kier molecular flexibility index (Phi) is 3.98. The number of imidazole rings is 1. The van der Waals surface area contributed by atoms with Crippen molar-refractivity contribution in [1.82, 2.24) is 19.4 Å². The van der Waals surface area contributed by atoms with E-state index in [1.54, 1.807) is 10.8 Å². The van der Waals surface area contributed by atoms with Crippen molar-refractivity contribution in [3.63, 3.8) is 0 Å². The van der Waals surface area contributed by atoms with Gasteiger partial charge in [0.25, 0.3) is 0 Å². The minimum absolute atomic E-state index is 0.00820. The van der Waals surface area contributed by atoms with Crippen molar-refractivity contribution in [1.29, 1.82) is 0 Å². The molecular formula is C12H21N5O. The molecule has 2 rings (SSSR count). The molecule has 1 aliphatic heterocycles. The first-order chi connectivity index (χ1) is 8.58. The summed E-state index contributed by atoms with van der Waals surface area (Å²) >= 11 is 0. The van der Waals surface area contributed by atoms with Crippen LogP contribution in [0.2, 0.25) is 0 Å². The molecule has 1 aliphatic rings. The first-order valence-corrected chi connectivity index (χ1v) is 6.28. The van der Waals surface area contributed by atoms with Crippen LogP contribution < -0.4 is 5.32 Å². The van der Waals surface area contributed by atoms with Crippen LogP contribution in [0.25, 0.3) is 0 Å². The van der Waals surface area contributed by atoms with E-state index in [2.05, 4.69) is 27.1 Å². The van der Waals surface area contributed by atoms with Crippen molar-refractivity contribution in [2.45, 2.75) is 13.0 Å². The highest BCUT2D eigenvalue weighted by atomic mass is 16.2. The van der Waals surface area contributed by atoms with E-state index in [4.69, 9.17) is 0 Å². The Hall–Kier alpha value is -1.40. The van der Waals surface area contributed by atoms with Gasteiger partial charge in [-0.05, 0) is 14.0 Å². The van der Waals surface area contributed by atoms with Crippen LogP contribution in [-0.2, 0) is 11.8 Å². The molecule has 1 atom stereocenters. The summed E-state index contributed by atoms with van der Waals surface area (Å²) in [6, 6.07) is -0.115. The molecule has 6 nitrogen and oxygen atoms in total. The van der Waals surface area contributed by atoms with E-state index >= 15 is 0 Å². The number of anilines is 1. The van der Waals surface area contributed by atoms with Crippen LogP contribution in [0, 0.1) is 0 Å². The zero-order valence-electron chi connectivity index (χ0n) is 11.3. The second-order valence-corrected chi connectivity index (χ2v) is 4.87. The number of rotatable bonds is 3. The van der Waals surface area contributed by atoms with Gasteiger partial charge >= 0.3 is 0 Å². The molecular weight excluding hydrogens is 230 g/mol. The fourth-order valence-corrected chi connectivity index (χ4v) is 2.08. The Bertz CT molecular complexity index is 408. The Morgan fingerprint density at radius 2 is 2.00 bits per heavy atom. The summed E-state index contributed by atoms with van der Waals surface area (Å²) in [5, 5.41) is 2.86. The molecule has 1 N–H and O–H groups in total. The summed E-state index contributed by atoms with van der Waals surface area (Å²) in [4.78, 5) is 20.7. The molecule has 1 aromatic rings. The molecule has 6 heteroatoms. The third-order valence-corrected chi connectivity index (χ3v) is 3.52. The minimum atomic E-state index is -0.115. The number of aryl methyl sites for hydroxylation is 1. The topological polar surface area (TPSA) is 53.4 Å². The van der Waals surface area contributed by atoms with E-state index in [-0.39, 0.29) is 11.9 Å². The summed E-state index contributed by atoms with van der Waals surface area (Å²) in [7, 11) is 3.97. The fourth-order valence-electron chi connectivity index (χ4n) is 2.08. The molecule has 100 valence electrons. The van der Waals surface area contributed by atoms with Crippen LogP contribution >= 0.6 is 0 Å². The summed E-state index contributed by atoms with van der Waals surface area (Å²) in [6.45, 7) is 5.85. The third-order valence-electron chi connectivity index (χ3n) is 3.52. The number of aromatic nitrogens is 2. The van der Waals surface area contributed by atoms with Crippen LogP contribution in [0.3, 0.4) is 0 Å². The van der Waals surface area contributed by atoms with Crippen molar-refractivity contribution < 1.29 is 4.79 Å². The van der Waals surface area contributed by atoms with Gasteiger partial charge in [-0.3, -0.25) is 15.0 Å². The van der Waals surface area contributed by atoms with E-state index in [1.807, 2.05) is 20.2 Å². The van der Waals surface area contributed by atoms with Crippen molar-refractivity contribution in [2.24, 2.45) is 7.05 Å². The maximum atomic E-state index is 12.1. The Balaban J connectivity index is 1.91. The highest BCUT2D eigenvalue weighted by Crippen LogP contribution is 2.08. The van der Waals surface area contributed by atoms with Gasteiger partial charge in [-0.1, -0.05) is 0 Å². The predicted molar refractivity (Wildman–Crippen MR) is 70.4 cm³/mol. The zero-order chi connectivity index (χ0) is 13.1. The normalized spacial score (nSPS) is 19.7. The first kappa shape index (κ1) is 13.0. The standard InChI is InChI=1S/C12H21N5O/c1-10(17-8-6-15(2)7-9-17)11(18)14-12-13-4-5-16(12)3/h4-5,10H,6-9H2,1-3H3,(H,13,14,18). The number of carbonyl (C=O) groups is 1. The van der Waals surface area contributed by atoms with Gasteiger partial charge in [0, 0.05) is 45.6 Å². The number of likely N-dealkylation sites (N-methyl/N-ethyl adjacent to an activating group) is 1. The molecule has 2 heterocycles. The average Bonchev–Trinajstić information content (AvgIpc) is 2.75. The van der Waals surface area contributed by atoms with Crippen molar-refractivity contribution >= 4 is 11.9 Å². The van der Waals surface area contributed by atoms with E-state index in [9.17, 15) is 4.79 Å². The van der Waals surface area contributed by atoms with Gasteiger partial charge in [-0.25, -0.2) is 4.98 Å². The average molecular weight is 251 g/mol. The molecule has 1 fully saturated rings. The van der Waals surface area contributed by atoms with E-state index in [1.165, 1.54) is 0 Å². The first-order valence-electron chi connectivity index (χ1n) is 6.28. The van der Waals surface area contributed by atoms with Gasteiger partial charge in [0.15, 0.2) is 0 Å². The molecule has 0 spiro atoms. The van der Waals surface area contributed by atoms with Crippen molar-refractivity contribution in [3.8, 4) is 0 Å². The number of piperazine rings is 1. The summed E-state index contributed by atoms with van der Waals surface area (Å²) < 4.78 is 1.80. The SMILES string of the molecule is CC(C(=O)Nc1nccn1C)N1CCN(C)CC1. The van der Waals surface area contributed by atoms with E-state index < -0.39 is 0 Å². The fraction of sp³-hybridized carbons (Fsp3) is 0.667. The van der Waals surface area contributed by atoms with Crippen LogP contribution in [0.1, 0.15) is 6.92 Å². The van der Waals surface area contributed by atoms with Gasteiger partial charge in [-0.15, -0.1) is 0 Å². The molecule has 0 aliphatic carbocycles. The second kappa shape index (κ2) is 5.49. The smallest absolute Gasteiger partial charge is 0.243 e. The van der Waals surface area contributed by atoms with E-state index in [0.717, 1.165) is 26.2 Å². The zero-order valence-corrected chi connectivity index (χ0v) is 11.3. The quantitative estimate of drug-likeness (QED) is 0.821. The molecule has 1 aromatic heterocycles. The van der Waals surface area contributed by atoms with Crippen molar-refractivity contribution in [3.05, 3.63) is 12.4 Å². The van der Waals surface area contributed by atoms with Gasteiger partial charge in [0.1, 0.15) is 0 Å². The minimum Gasteiger partial charge on any atom is -0.320 e. The van der Waals surface area contributed by atoms with Gasteiger partial charge in [0.2, 0.25) is 11.9 Å². The number of nitrogens with zero attached hydrogens (tertiary/aromatic N) is 4. The Morgan fingerprint density at radius 3 is 2.56 bits per heavy atom. The molecule has 1 unspecified atom stereocenters. The lowest BCUT2D eigenvalue weighted by Crippen LogP contribution is -2.51. The monoisotopic (exact) mass is 251 g/mol. The summed E-state index contributed by atoms with van der Waals surface area (Å²) in [6.07, 6.45) is 3.49. The maximum absolute atomic E-state index is 12.1. The molecule has 0 bridgehead atoms. The Morgan fingerprint density at radius 1 is 1.33 bits per heavy atom. The molecule has 0 saturated carbocycles. The highest BCUT2D eigenvalue weighted by Gasteiger charge is 2.24. The van der Waals surface area contributed by atoms with Crippen molar-refractivity contribution in [2.75, 3.05) is 38.5 Å². The van der Waals surface area contributed by atoms with Crippen LogP contribution in [0.5, 0.6) is 0 Å². The molecule has 0 aromatic carbocycles. The number of carbonyl (C=O) groups excluding carboxylic acids is 1.